The Kier molecular flexibility index (Phi) is 6.39. The average Bonchev–Trinajstić information content (AvgIpc) is 2.69. The number of aromatic hydroxyl groups is 1. The second-order valence-corrected chi connectivity index (χ2v) is 6.78. The van der Waals surface area contributed by atoms with Crippen LogP contribution in [0.25, 0.3) is 28.3 Å². The summed E-state index contributed by atoms with van der Waals surface area (Å²) in [5, 5.41) is 18.7. The van der Waals surface area contributed by atoms with E-state index in [0.29, 0.717) is 0 Å². The Morgan fingerprint density at radius 1 is 0.852 bits per heavy atom. The minimum absolute atomic E-state index is 0.226. The predicted molar refractivity (Wildman–Crippen MR) is 111 cm³/mol. The summed E-state index contributed by atoms with van der Waals surface area (Å²) in [7, 11) is 0. The van der Waals surface area contributed by atoms with E-state index in [-0.39, 0.29) is 11.9 Å². The van der Waals surface area contributed by atoms with Crippen molar-refractivity contribution in [1.82, 2.24) is 4.98 Å². The van der Waals surface area contributed by atoms with Crippen LogP contribution in [0.3, 0.4) is 0 Å². The van der Waals surface area contributed by atoms with Gasteiger partial charge in [0.25, 0.3) is 0 Å². The maximum Gasteiger partial charge on any atom is 0.115 e. The van der Waals surface area contributed by atoms with Gasteiger partial charge in [0.15, 0.2) is 0 Å². The standard InChI is InChI=1S/C24H25NO2/c1-18(26)5-3-2-4-6-23-14-11-22(17-25-23)21-9-7-19(8-10-21)20-12-15-24(27)16-13-20/h4,6-18,26-27H,2-3,5H2,1H3. The first-order valence-corrected chi connectivity index (χ1v) is 9.32. The number of hydrogen-bond donors (Lipinski definition) is 2. The normalized spacial score (nSPS) is 12.4. The third kappa shape index (κ3) is 5.53. The van der Waals surface area contributed by atoms with Gasteiger partial charge in [0, 0.05) is 11.8 Å². The molecule has 1 unspecified atom stereocenters. The molecule has 0 aliphatic rings. The van der Waals surface area contributed by atoms with E-state index in [0.717, 1.165) is 47.2 Å². The van der Waals surface area contributed by atoms with Crippen LogP contribution in [-0.2, 0) is 0 Å². The molecular formula is C24H25NO2. The van der Waals surface area contributed by atoms with Crippen molar-refractivity contribution in [2.45, 2.75) is 32.3 Å². The lowest BCUT2D eigenvalue weighted by Gasteiger charge is -2.05. The SMILES string of the molecule is CC(O)CCCC=Cc1ccc(-c2ccc(-c3ccc(O)cc3)cc2)cn1. The number of pyridine rings is 1. The molecule has 0 amide bonds. The van der Waals surface area contributed by atoms with Gasteiger partial charge in [0.2, 0.25) is 0 Å². The second-order valence-electron chi connectivity index (χ2n) is 6.78. The Labute approximate surface area is 160 Å². The van der Waals surface area contributed by atoms with E-state index in [4.69, 9.17) is 0 Å². The second kappa shape index (κ2) is 9.15. The van der Waals surface area contributed by atoms with Crippen LogP contribution in [0, 0.1) is 0 Å². The molecule has 0 bridgehead atoms. The summed E-state index contributed by atoms with van der Waals surface area (Å²) in [5.74, 6) is 0.276. The van der Waals surface area contributed by atoms with E-state index < -0.39 is 0 Å². The van der Waals surface area contributed by atoms with Crippen molar-refractivity contribution < 1.29 is 10.2 Å². The molecular weight excluding hydrogens is 334 g/mol. The summed E-state index contributed by atoms with van der Waals surface area (Å²) in [4.78, 5) is 4.51. The van der Waals surface area contributed by atoms with E-state index >= 15 is 0 Å². The fraction of sp³-hybridized carbons (Fsp3) is 0.208. The molecule has 0 aliphatic heterocycles. The van der Waals surface area contributed by atoms with Gasteiger partial charge in [-0.05, 0) is 67.2 Å². The number of benzene rings is 2. The van der Waals surface area contributed by atoms with Crippen LogP contribution in [0.2, 0.25) is 0 Å². The number of rotatable bonds is 7. The molecule has 3 rings (SSSR count). The van der Waals surface area contributed by atoms with Crippen LogP contribution < -0.4 is 0 Å². The van der Waals surface area contributed by atoms with Crippen LogP contribution >= 0.6 is 0 Å². The molecule has 3 nitrogen and oxygen atoms in total. The number of nitrogens with zero attached hydrogens (tertiary/aromatic N) is 1. The molecule has 27 heavy (non-hydrogen) atoms. The summed E-state index contributed by atoms with van der Waals surface area (Å²) in [6.45, 7) is 1.82. The Bertz CT molecular complexity index is 864. The van der Waals surface area contributed by atoms with Gasteiger partial charge in [-0.25, -0.2) is 0 Å². The number of aromatic nitrogens is 1. The predicted octanol–water partition coefficient (Wildman–Crippen LogP) is 5.69. The van der Waals surface area contributed by atoms with Crippen LogP contribution in [0.4, 0.5) is 0 Å². The summed E-state index contributed by atoms with van der Waals surface area (Å²) in [6, 6.07) is 19.7. The average molecular weight is 359 g/mol. The van der Waals surface area contributed by atoms with Crippen LogP contribution in [-0.4, -0.2) is 21.3 Å². The third-order valence-corrected chi connectivity index (χ3v) is 4.49. The lowest BCUT2D eigenvalue weighted by Crippen LogP contribution is -1.97. The van der Waals surface area contributed by atoms with Crippen molar-refractivity contribution in [3.63, 3.8) is 0 Å². The molecule has 0 fully saturated rings. The number of hydrogen-bond acceptors (Lipinski definition) is 3. The lowest BCUT2D eigenvalue weighted by molar-refractivity contribution is 0.182. The van der Waals surface area contributed by atoms with Gasteiger partial charge < -0.3 is 10.2 Å². The molecule has 0 saturated heterocycles. The highest BCUT2D eigenvalue weighted by atomic mass is 16.3. The number of aliphatic hydroxyl groups excluding tert-OH is 1. The van der Waals surface area contributed by atoms with Crippen LogP contribution in [0.15, 0.2) is 72.9 Å². The van der Waals surface area contributed by atoms with E-state index in [1.165, 1.54) is 0 Å². The summed E-state index contributed by atoms with van der Waals surface area (Å²) >= 11 is 0. The first kappa shape index (κ1) is 18.9. The molecule has 3 aromatic rings. The zero-order valence-electron chi connectivity index (χ0n) is 15.5. The van der Waals surface area contributed by atoms with E-state index in [2.05, 4.69) is 41.4 Å². The Morgan fingerprint density at radius 3 is 1.96 bits per heavy atom. The molecule has 0 saturated carbocycles. The monoisotopic (exact) mass is 359 g/mol. The van der Waals surface area contributed by atoms with E-state index in [1.54, 1.807) is 12.1 Å². The zero-order chi connectivity index (χ0) is 19.1. The highest BCUT2D eigenvalue weighted by Crippen LogP contribution is 2.26. The fourth-order valence-electron chi connectivity index (χ4n) is 2.92. The number of aliphatic hydroxyl groups is 1. The highest BCUT2D eigenvalue weighted by Gasteiger charge is 2.01. The largest absolute Gasteiger partial charge is 0.508 e. The van der Waals surface area contributed by atoms with Gasteiger partial charge in [-0.2, -0.15) is 0 Å². The molecule has 3 heteroatoms. The van der Waals surface area contributed by atoms with Gasteiger partial charge in [-0.1, -0.05) is 48.5 Å². The Hall–Kier alpha value is -2.91. The summed E-state index contributed by atoms with van der Waals surface area (Å²) in [5.41, 5.74) is 5.34. The van der Waals surface area contributed by atoms with Crippen molar-refractivity contribution in [1.29, 1.82) is 0 Å². The maximum atomic E-state index is 9.40. The lowest BCUT2D eigenvalue weighted by atomic mass is 10.0. The van der Waals surface area contributed by atoms with Crippen molar-refractivity contribution in [2.24, 2.45) is 0 Å². The molecule has 2 N–H and O–H groups in total. The number of phenolic OH excluding ortho intramolecular Hbond substituents is 1. The number of unbranched alkanes of at least 4 members (excludes halogenated alkanes) is 1. The van der Waals surface area contributed by atoms with Gasteiger partial charge in [0.05, 0.1) is 11.8 Å². The minimum Gasteiger partial charge on any atom is -0.508 e. The Balaban J connectivity index is 1.63. The number of allylic oxidation sites excluding steroid dienone is 1. The first-order valence-electron chi connectivity index (χ1n) is 9.32. The van der Waals surface area contributed by atoms with E-state index in [9.17, 15) is 10.2 Å². The fourth-order valence-corrected chi connectivity index (χ4v) is 2.92. The molecule has 0 radical (unpaired) electrons. The smallest absolute Gasteiger partial charge is 0.115 e. The van der Waals surface area contributed by atoms with Gasteiger partial charge in [0.1, 0.15) is 5.75 Å². The van der Waals surface area contributed by atoms with E-state index in [1.807, 2.05) is 37.4 Å². The number of phenols is 1. The van der Waals surface area contributed by atoms with Crippen LogP contribution in [0.1, 0.15) is 31.9 Å². The first-order chi connectivity index (χ1) is 13.1. The van der Waals surface area contributed by atoms with Gasteiger partial charge in [-0.15, -0.1) is 0 Å². The highest BCUT2D eigenvalue weighted by molar-refractivity contribution is 5.70. The molecule has 1 atom stereocenters. The maximum absolute atomic E-state index is 9.40. The van der Waals surface area contributed by atoms with Crippen LogP contribution in [0.5, 0.6) is 5.75 Å². The van der Waals surface area contributed by atoms with Crippen molar-refractivity contribution >= 4 is 6.08 Å². The van der Waals surface area contributed by atoms with Gasteiger partial charge in [-0.3, -0.25) is 4.98 Å². The van der Waals surface area contributed by atoms with Gasteiger partial charge >= 0.3 is 0 Å². The molecule has 0 spiro atoms. The Morgan fingerprint density at radius 2 is 1.41 bits per heavy atom. The molecule has 138 valence electrons. The molecule has 1 aromatic heterocycles. The van der Waals surface area contributed by atoms with Crippen molar-refractivity contribution in [3.05, 3.63) is 78.6 Å². The van der Waals surface area contributed by atoms with Crippen molar-refractivity contribution in [3.8, 4) is 28.0 Å². The third-order valence-electron chi connectivity index (χ3n) is 4.49. The quantitative estimate of drug-likeness (QED) is 0.533. The summed E-state index contributed by atoms with van der Waals surface area (Å²) in [6.07, 6.45) is 8.57. The zero-order valence-corrected chi connectivity index (χ0v) is 15.5. The summed E-state index contributed by atoms with van der Waals surface area (Å²) < 4.78 is 0. The topological polar surface area (TPSA) is 53.4 Å². The molecule has 2 aromatic carbocycles. The molecule has 0 aliphatic carbocycles. The van der Waals surface area contributed by atoms with Crippen molar-refractivity contribution in [2.75, 3.05) is 0 Å². The minimum atomic E-state index is -0.226. The molecule has 1 heterocycles.